The average molecular weight is 338 g/mol. The molecule has 0 unspecified atom stereocenters. The van der Waals surface area contributed by atoms with E-state index in [-0.39, 0.29) is 5.41 Å². The summed E-state index contributed by atoms with van der Waals surface area (Å²) in [5, 5.41) is 4.09. The molecule has 0 atom stereocenters. The summed E-state index contributed by atoms with van der Waals surface area (Å²) in [6, 6.07) is 8.11. The Morgan fingerprint density at radius 1 is 1.30 bits per heavy atom. The summed E-state index contributed by atoms with van der Waals surface area (Å²) < 4.78 is 6.51. The van der Waals surface area contributed by atoms with Crippen LogP contribution in [0.3, 0.4) is 0 Å². The molecule has 0 aliphatic carbocycles. The molecule has 2 N–H and O–H groups in total. The summed E-state index contributed by atoms with van der Waals surface area (Å²) >= 11 is 3.47. The molecule has 2 rings (SSSR count). The third kappa shape index (κ3) is 3.10. The quantitative estimate of drug-likeness (QED) is 0.876. The van der Waals surface area contributed by atoms with Gasteiger partial charge in [-0.15, -0.1) is 0 Å². The summed E-state index contributed by atoms with van der Waals surface area (Å²) in [4.78, 5) is 4.55. The zero-order valence-corrected chi connectivity index (χ0v) is 13.5. The van der Waals surface area contributed by atoms with Gasteiger partial charge in [-0.3, -0.25) is 0 Å². The Balaban J connectivity index is 2.20. The fourth-order valence-electron chi connectivity index (χ4n) is 2.30. The number of halogens is 1. The molecular weight excluding hydrogens is 318 g/mol. The largest absolute Gasteiger partial charge is 0.339 e. The second-order valence-corrected chi connectivity index (χ2v) is 5.93. The van der Waals surface area contributed by atoms with Gasteiger partial charge in [-0.05, 0) is 30.5 Å². The predicted octanol–water partition coefficient (Wildman–Crippen LogP) is 3.44. The van der Waals surface area contributed by atoms with Crippen LogP contribution in [0, 0.1) is 0 Å². The van der Waals surface area contributed by atoms with E-state index in [9.17, 15) is 0 Å². The Bertz CT molecular complexity index is 555. The van der Waals surface area contributed by atoms with Crippen molar-refractivity contribution in [3.8, 4) is 0 Å². The van der Waals surface area contributed by atoms with E-state index in [1.54, 1.807) is 0 Å². The second-order valence-electron chi connectivity index (χ2n) is 5.01. The molecule has 0 saturated heterocycles. The summed E-state index contributed by atoms with van der Waals surface area (Å²) in [7, 11) is 0. The summed E-state index contributed by atoms with van der Waals surface area (Å²) in [6.07, 6.45) is 2.47. The monoisotopic (exact) mass is 337 g/mol. The first-order valence-corrected chi connectivity index (χ1v) is 7.70. The number of aromatic nitrogens is 2. The first kappa shape index (κ1) is 15.2. The molecule has 0 aliphatic rings. The summed E-state index contributed by atoms with van der Waals surface area (Å²) in [5.74, 6) is 1.37. The fourth-order valence-corrected chi connectivity index (χ4v) is 2.75. The van der Waals surface area contributed by atoms with Crippen molar-refractivity contribution in [3.63, 3.8) is 0 Å². The molecule has 0 aliphatic heterocycles. The minimum Gasteiger partial charge on any atom is -0.339 e. The van der Waals surface area contributed by atoms with Crippen molar-refractivity contribution < 1.29 is 4.52 Å². The zero-order valence-electron chi connectivity index (χ0n) is 11.9. The molecule has 108 valence electrons. The van der Waals surface area contributed by atoms with E-state index in [1.807, 2.05) is 12.1 Å². The molecule has 4 nitrogen and oxygen atoms in total. The van der Waals surface area contributed by atoms with Crippen LogP contribution in [-0.4, -0.2) is 16.7 Å². The van der Waals surface area contributed by atoms with Crippen LogP contribution >= 0.6 is 15.9 Å². The lowest BCUT2D eigenvalue weighted by Gasteiger charge is -2.24. The van der Waals surface area contributed by atoms with E-state index in [0.717, 1.165) is 22.9 Å². The Kier molecular flexibility index (Phi) is 4.94. The maximum Gasteiger partial charge on any atom is 0.234 e. The first-order chi connectivity index (χ1) is 9.63. The van der Waals surface area contributed by atoms with Crippen LogP contribution < -0.4 is 5.73 Å². The van der Waals surface area contributed by atoms with Crippen LogP contribution in [0.1, 0.15) is 44.0 Å². The number of nitrogens with two attached hydrogens (primary N) is 1. The maximum atomic E-state index is 5.91. The van der Waals surface area contributed by atoms with Gasteiger partial charge < -0.3 is 10.3 Å². The highest BCUT2D eigenvalue weighted by Gasteiger charge is 2.33. The van der Waals surface area contributed by atoms with E-state index in [0.29, 0.717) is 24.7 Å². The van der Waals surface area contributed by atoms with Gasteiger partial charge in [-0.25, -0.2) is 0 Å². The summed E-state index contributed by atoms with van der Waals surface area (Å²) in [6.45, 7) is 4.74. The van der Waals surface area contributed by atoms with Gasteiger partial charge in [0.05, 0.1) is 5.41 Å². The first-order valence-electron chi connectivity index (χ1n) is 6.91. The van der Waals surface area contributed by atoms with Crippen LogP contribution in [0.5, 0.6) is 0 Å². The average Bonchev–Trinajstić information content (AvgIpc) is 2.90. The van der Waals surface area contributed by atoms with E-state index in [2.05, 4.69) is 52.1 Å². The molecule has 1 heterocycles. The molecule has 0 saturated carbocycles. The lowest BCUT2D eigenvalue weighted by molar-refractivity contribution is 0.266. The zero-order chi connectivity index (χ0) is 14.6. The van der Waals surface area contributed by atoms with E-state index < -0.39 is 0 Å². The van der Waals surface area contributed by atoms with E-state index in [1.165, 1.54) is 0 Å². The van der Waals surface area contributed by atoms with Crippen molar-refractivity contribution >= 4 is 15.9 Å². The molecule has 1 aromatic heterocycles. The van der Waals surface area contributed by atoms with Crippen molar-refractivity contribution in [1.29, 1.82) is 0 Å². The van der Waals surface area contributed by atoms with Gasteiger partial charge in [0.2, 0.25) is 5.89 Å². The highest BCUT2D eigenvalue weighted by molar-refractivity contribution is 9.10. The highest BCUT2D eigenvalue weighted by Crippen LogP contribution is 2.29. The molecule has 0 bridgehead atoms. The Hall–Kier alpha value is -1.20. The van der Waals surface area contributed by atoms with Crippen molar-refractivity contribution in [3.05, 3.63) is 46.0 Å². The normalized spacial score (nSPS) is 11.8. The van der Waals surface area contributed by atoms with Gasteiger partial charge in [0.1, 0.15) is 0 Å². The molecule has 0 spiro atoms. The van der Waals surface area contributed by atoms with Crippen molar-refractivity contribution in [2.75, 3.05) is 6.54 Å². The van der Waals surface area contributed by atoms with Crippen LogP contribution in [0.4, 0.5) is 0 Å². The van der Waals surface area contributed by atoms with Crippen molar-refractivity contribution in [2.45, 2.75) is 38.5 Å². The van der Waals surface area contributed by atoms with E-state index in [4.69, 9.17) is 10.3 Å². The van der Waals surface area contributed by atoms with E-state index >= 15 is 0 Å². The number of rotatable bonds is 6. The van der Waals surface area contributed by atoms with Gasteiger partial charge in [0.15, 0.2) is 5.82 Å². The Morgan fingerprint density at radius 3 is 2.65 bits per heavy atom. The standard InChI is InChI=1S/C15H20BrN3O/c1-3-15(4-2,10-17)14-18-13(19-20-14)9-11-6-5-7-12(16)8-11/h5-8H,3-4,9-10,17H2,1-2H3. The van der Waals surface area contributed by atoms with Gasteiger partial charge in [-0.2, -0.15) is 4.98 Å². The molecule has 0 radical (unpaired) electrons. The molecule has 0 amide bonds. The minimum absolute atomic E-state index is 0.192. The van der Waals surface area contributed by atoms with Crippen molar-refractivity contribution in [2.24, 2.45) is 5.73 Å². The fraction of sp³-hybridized carbons (Fsp3) is 0.467. The maximum absolute atomic E-state index is 5.91. The van der Waals surface area contributed by atoms with Gasteiger partial charge in [-0.1, -0.05) is 47.1 Å². The molecule has 2 aromatic rings. The lowest BCUT2D eigenvalue weighted by atomic mass is 9.82. The molecule has 5 heteroatoms. The predicted molar refractivity (Wildman–Crippen MR) is 82.6 cm³/mol. The van der Waals surface area contributed by atoms with Crippen molar-refractivity contribution in [1.82, 2.24) is 10.1 Å². The molecule has 1 aromatic carbocycles. The minimum atomic E-state index is -0.192. The highest BCUT2D eigenvalue weighted by atomic mass is 79.9. The topological polar surface area (TPSA) is 64.9 Å². The third-order valence-corrected chi connectivity index (χ3v) is 4.41. The number of hydrogen-bond acceptors (Lipinski definition) is 4. The van der Waals surface area contributed by atoms with Crippen LogP contribution in [0.25, 0.3) is 0 Å². The molecule has 0 fully saturated rings. The molecule has 20 heavy (non-hydrogen) atoms. The third-order valence-electron chi connectivity index (χ3n) is 3.92. The van der Waals surface area contributed by atoms with Crippen LogP contribution in [0.2, 0.25) is 0 Å². The SMILES string of the molecule is CCC(CC)(CN)c1nc(Cc2cccc(Br)c2)no1. The van der Waals surface area contributed by atoms with Crippen LogP contribution in [0.15, 0.2) is 33.3 Å². The van der Waals surface area contributed by atoms with Gasteiger partial charge in [0.25, 0.3) is 0 Å². The number of benzene rings is 1. The Morgan fingerprint density at radius 2 is 2.05 bits per heavy atom. The smallest absolute Gasteiger partial charge is 0.234 e. The van der Waals surface area contributed by atoms with Crippen LogP contribution in [-0.2, 0) is 11.8 Å². The molecular formula is C15H20BrN3O. The number of hydrogen-bond donors (Lipinski definition) is 1. The lowest BCUT2D eigenvalue weighted by Crippen LogP contribution is -2.34. The number of nitrogens with zero attached hydrogens (tertiary/aromatic N) is 2. The van der Waals surface area contributed by atoms with Gasteiger partial charge >= 0.3 is 0 Å². The Labute approximate surface area is 127 Å². The second kappa shape index (κ2) is 6.50. The van der Waals surface area contributed by atoms with Gasteiger partial charge in [0, 0.05) is 17.4 Å². The summed E-state index contributed by atoms with van der Waals surface area (Å²) in [5.41, 5.74) is 6.87.